The minimum Gasteiger partial charge on any atom is -0.417 e. The van der Waals surface area contributed by atoms with E-state index in [1.165, 1.54) is 6.07 Å². The monoisotopic (exact) mass is 173 g/mol. The average Bonchev–Trinajstić information content (AvgIpc) is 1.96. The van der Waals surface area contributed by atoms with Crippen molar-refractivity contribution < 1.29 is 13.5 Å². The summed E-state index contributed by atoms with van der Waals surface area (Å²) in [6.45, 7) is 0.793. The fourth-order valence-electron chi connectivity index (χ4n) is 0.765. The van der Waals surface area contributed by atoms with Crippen LogP contribution in [0.4, 0.5) is 8.78 Å². The maximum Gasteiger partial charge on any atom is 0.388 e. The van der Waals surface area contributed by atoms with Crippen LogP contribution in [0.1, 0.15) is 11.3 Å². The molecule has 0 amide bonds. The Bertz CT molecular complexity index is 276. The second kappa shape index (κ2) is 3.47. The van der Waals surface area contributed by atoms with Crippen LogP contribution >= 0.6 is 0 Å². The summed E-state index contributed by atoms with van der Waals surface area (Å²) in [5.74, 6) is -0.0342. The van der Waals surface area contributed by atoms with Gasteiger partial charge >= 0.3 is 6.61 Å². The highest BCUT2D eigenvalue weighted by Crippen LogP contribution is 2.13. The maximum absolute atomic E-state index is 11.7. The Morgan fingerprint density at radius 3 is 2.50 bits per heavy atom. The molecule has 1 aromatic heterocycles. The molecule has 4 heteroatoms. The third-order valence-electron chi connectivity index (χ3n) is 1.53. The summed E-state index contributed by atoms with van der Waals surface area (Å²) in [5, 5.41) is 0. The Kier molecular flexibility index (Phi) is 2.58. The Hall–Kier alpha value is -1.19. The zero-order valence-corrected chi connectivity index (χ0v) is 6.84. The third kappa shape index (κ3) is 2.15. The summed E-state index contributed by atoms with van der Waals surface area (Å²) < 4.78 is 27.5. The molecular formula is C8H9F2NO. The minimum absolute atomic E-state index is 0.0342. The lowest BCUT2D eigenvalue weighted by molar-refractivity contribution is -0.0529. The number of alkyl halides is 2. The van der Waals surface area contributed by atoms with Crippen molar-refractivity contribution >= 4 is 0 Å². The van der Waals surface area contributed by atoms with Crippen LogP contribution in [0.2, 0.25) is 0 Å². The number of rotatable bonds is 2. The molecule has 0 spiro atoms. The van der Waals surface area contributed by atoms with Gasteiger partial charge in [-0.15, -0.1) is 0 Å². The van der Waals surface area contributed by atoms with Crippen LogP contribution in [0.5, 0.6) is 5.88 Å². The van der Waals surface area contributed by atoms with Crippen molar-refractivity contribution in [2.45, 2.75) is 20.5 Å². The van der Waals surface area contributed by atoms with Gasteiger partial charge in [-0.3, -0.25) is 0 Å². The first-order valence-corrected chi connectivity index (χ1v) is 3.48. The van der Waals surface area contributed by atoms with Gasteiger partial charge in [0.05, 0.1) is 0 Å². The standard InChI is InChI=1S/C8H9F2NO/c1-5-3-4-7(11-6(5)2)12-8(9)10/h3-4,8H,1-2H3. The van der Waals surface area contributed by atoms with E-state index in [9.17, 15) is 8.78 Å². The predicted octanol–water partition coefficient (Wildman–Crippen LogP) is 2.30. The van der Waals surface area contributed by atoms with Gasteiger partial charge in [0.2, 0.25) is 5.88 Å². The van der Waals surface area contributed by atoms with E-state index < -0.39 is 6.61 Å². The number of hydrogen-bond donors (Lipinski definition) is 0. The first-order chi connectivity index (χ1) is 5.59. The number of halogens is 2. The number of nitrogens with zero attached hydrogens (tertiary/aromatic N) is 1. The fraction of sp³-hybridized carbons (Fsp3) is 0.375. The molecule has 0 saturated heterocycles. The molecule has 0 unspecified atom stereocenters. The Morgan fingerprint density at radius 1 is 1.33 bits per heavy atom. The van der Waals surface area contributed by atoms with Gasteiger partial charge in [-0.25, -0.2) is 4.98 Å². The Balaban J connectivity index is 2.82. The lowest BCUT2D eigenvalue weighted by Gasteiger charge is -2.04. The van der Waals surface area contributed by atoms with Gasteiger partial charge in [0.25, 0.3) is 0 Å². The normalized spacial score (nSPS) is 10.4. The van der Waals surface area contributed by atoms with E-state index >= 15 is 0 Å². The largest absolute Gasteiger partial charge is 0.417 e. The highest BCUT2D eigenvalue weighted by atomic mass is 19.3. The van der Waals surface area contributed by atoms with Gasteiger partial charge in [0.1, 0.15) is 0 Å². The highest BCUT2D eigenvalue weighted by molar-refractivity contribution is 5.23. The molecule has 1 rings (SSSR count). The lowest BCUT2D eigenvalue weighted by atomic mass is 10.2. The molecule has 1 heterocycles. The predicted molar refractivity (Wildman–Crippen MR) is 40.3 cm³/mol. The van der Waals surface area contributed by atoms with Crippen LogP contribution in [-0.2, 0) is 0 Å². The number of ether oxygens (including phenoxy) is 1. The van der Waals surface area contributed by atoms with Crippen LogP contribution in [0.25, 0.3) is 0 Å². The van der Waals surface area contributed by atoms with Crippen molar-refractivity contribution in [1.82, 2.24) is 4.98 Å². The van der Waals surface area contributed by atoms with E-state index in [0.29, 0.717) is 5.69 Å². The molecule has 0 radical (unpaired) electrons. The third-order valence-corrected chi connectivity index (χ3v) is 1.53. The van der Waals surface area contributed by atoms with Crippen molar-refractivity contribution in [3.05, 3.63) is 23.4 Å². The van der Waals surface area contributed by atoms with Crippen LogP contribution in [-0.4, -0.2) is 11.6 Å². The fourth-order valence-corrected chi connectivity index (χ4v) is 0.765. The van der Waals surface area contributed by atoms with Gasteiger partial charge < -0.3 is 4.74 Å². The topological polar surface area (TPSA) is 22.1 Å². The molecule has 0 aliphatic carbocycles. The number of aromatic nitrogens is 1. The molecule has 0 fully saturated rings. The molecule has 0 N–H and O–H groups in total. The summed E-state index contributed by atoms with van der Waals surface area (Å²) in [7, 11) is 0. The molecule has 0 saturated carbocycles. The summed E-state index contributed by atoms with van der Waals surface area (Å²) in [4.78, 5) is 3.81. The zero-order valence-electron chi connectivity index (χ0n) is 6.84. The van der Waals surface area contributed by atoms with Crippen molar-refractivity contribution in [3.63, 3.8) is 0 Å². The molecule has 0 aromatic carbocycles. The van der Waals surface area contributed by atoms with Crippen LogP contribution in [0, 0.1) is 13.8 Å². The van der Waals surface area contributed by atoms with E-state index in [1.807, 2.05) is 6.92 Å². The zero-order chi connectivity index (χ0) is 9.14. The van der Waals surface area contributed by atoms with Gasteiger partial charge in [0.15, 0.2) is 0 Å². The SMILES string of the molecule is Cc1ccc(OC(F)F)nc1C. The molecule has 66 valence electrons. The minimum atomic E-state index is -2.81. The van der Waals surface area contributed by atoms with E-state index in [0.717, 1.165) is 5.56 Å². The van der Waals surface area contributed by atoms with E-state index in [2.05, 4.69) is 9.72 Å². The molecule has 0 aliphatic heterocycles. The average molecular weight is 173 g/mol. The van der Waals surface area contributed by atoms with Gasteiger partial charge in [-0.05, 0) is 19.4 Å². The molecule has 1 aromatic rings. The molecule has 0 bridgehead atoms. The number of hydrogen-bond acceptors (Lipinski definition) is 2. The second-order valence-corrected chi connectivity index (χ2v) is 2.43. The Labute approximate surface area is 69.2 Å². The summed E-state index contributed by atoms with van der Waals surface area (Å²) in [5.41, 5.74) is 1.66. The van der Waals surface area contributed by atoms with Crippen molar-refractivity contribution in [2.75, 3.05) is 0 Å². The first kappa shape index (κ1) is 8.90. The summed E-state index contributed by atoms with van der Waals surface area (Å²) in [6.07, 6.45) is 0. The van der Waals surface area contributed by atoms with Crippen LogP contribution in [0.3, 0.4) is 0 Å². The van der Waals surface area contributed by atoms with Gasteiger partial charge in [-0.1, -0.05) is 6.07 Å². The number of aryl methyl sites for hydroxylation is 2. The second-order valence-electron chi connectivity index (χ2n) is 2.43. The van der Waals surface area contributed by atoms with E-state index in [4.69, 9.17) is 0 Å². The lowest BCUT2D eigenvalue weighted by Crippen LogP contribution is -2.04. The summed E-state index contributed by atoms with van der Waals surface area (Å²) in [6, 6.07) is 3.12. The molecular weight excluding hydrogens is 164 g/mol. The molecule has 0 atom stereocenters. The maximum atomic E-state index is 11.7. The first-order valence-electron chi connectivity index (χ1n) is 3.48. The van der Waals surface area contributed by atoms with Crippen molar-refractivity contribution in [3.8, 4) is 5.88 Å². The van der Waals surface area contributed by atoms with Crippen LogP contribution < -0.4 is 4.74 Å². The van der Waals surface area contributed by atoms with Gasteiger partial charge in [0, 0.05) is 11.8 Å². The molecule has 2 nitrogen and oxygen atoms in total. The quantitative estimate of drug-likeness (QED) is 0.684. The van der Waals surface area contributed by atoms with E-state index in [1.54, 1.807) is 13.0 Å². The van der Waals surface area contributed by atoms with Crippen molar-refractivity contribution in [1.29, 1.82) is 0 Å². The molecule has 0 aliphatic rings. The molecule has 12 heavy (non-hydrogen) atoms. The van der Waals surface area contributed by atoms with Gasteiger partial charge in [-0.2, -0.15) is 8.78 Å². The van der Waals surface area contributed by atoms with Crippen LogP contribution in [0.15, 0.2) is 12.1 Å². The smallest absolute Gasteiger partial charge is 0.388 e. The van der Waals surface area contributed by atoms with Crippen molar-refractivity contribution in [2.24, 2.45) is 0 Å². The Morgan fingerprint density at radius 2 is 2.00 bits per heavy atom. The van der Waals surface area contributed by atoms with E-state index in [-0.39, 0.29) is 5.88 Å². The highest BCUT2D eigenvalue weighted by Gasteiger charge is 2.05. The summed E-state index contributed by atoms with van der Waals surface area (Å²) >= 11 is 0. The number of pyridine rings is 1.